The van der Waals surface area contributed by atoms with E-state index in [1.54, 1.807) is 11.8 Å². The Morgan fingerprint density at radius 1 is 1.17 bits per heavy atom. The molecule has 18 heavy (non-hydrogen) atoms. The SMILES string of the molecule is Nc1cc(I)ccc1Sc1nc2ccccc2[nH]1. The zero-order chi connectivity index (χ0) is 12.5. The molecule has 0 bridgehead atoms. The summed E-state index contributed by atoms with van der Waals surface area (Å²) in [7, 11) is 0. The Kier molecular flexibility index (Phi) is 3.17. The van der Waals surface area contributed by atoms with Gasteiger partial charge >= 0.3 is 0 Å². The maximum atomic E-state index is 6.00. The molecular weight excluding hydrogens is 357 g/mol. The van der Waals surface area contributed by atoms with Crippen LogP contribution < -0.4 is 5.73 Å². The summed E-state index contributed by atoms with van der Waals surface area (Å²) in [5.74, 6) is 0. The molecule has 0 aliphatic rings. The van der Waals surface area contributed by atoms with Gasteiger partial charge in [-0.15, -0.1) is 0 Å². The molecule has 90 valence electrons. The Hall–Kier alpha value is -1.21. The fourth-order valence-corrected chi connectivity index (χ4v) is 3.04. The fraction of sp³-hybridized carbons (Fsp3) is 0. The zero-order valence-electron chi connectivity index (χ0n) is 9.35. The van der Waals surface area contributed by atoms with E-state index in [1.807, 2.05) is 42.5 Å². The van der Waals surface area contributed by atoms with Crippen LogP contribution in [-0.2, 0) is 0 Å². The van der Waals surface area contributed by atoms with E-state index in [0.717, 1.165) is 30.3 Å². The van der Waals surface area contributed by atoms with Crippen molar-refractivity contribution >= 4 is 51.1 Å². The average Bonchev–Trinajstić information content (AvgIpc) is 2.75. The number of nitrogens with two attached hydrogens (primary N) is 1. The van der Waals surface area contributed by atoms with Gasteiger partial charge in [0.1, 0.15) is 0 Å². The van der Waals surface area contributed by atoms with Crippen molar-refractivity contribution < 1.29 is 0 Å². The summed E-state index contributed by atoms with van der Waals surface area (Å²) in [5.41, 5.74) is 8.80. The molecule has 3 rings (SSSR count). The molecule has 5 heteroatoms. The molecule has 3 aromatic rings. The number of fused-ring (bicyclic) bond motifs is 1. The molecule has 0 saturated heterocycles. The number of H-pyrrole nitrogens is 1. The number of benzene rings is 2. The average molecular weight is 367 g/mol. The number of aromatic nitrogens is 2. The van der Waals surface area contributed by atoms with E-state index >= 15 is 0 Å². The first-order valence-corrected chi connectivity index (χ1v) is 7.29. The topological polar surface area (TPSA) is 54.7 Å². The largest absolute Gasteiger partial charge is 0.398 e. The highest BCUT2D eigenvalue weighted by molar-refractivity contribution is 14.1. The van der Waals surface area contributed by atoms with Crippen LogP contribution in [0.1, 0.15) is 0 Å². The molecule has 0 atom stereocenters. The third-order valence-electron chi connectivity index (χ3n) is 2.55. The van der Waals surface area contributed by atoms with Gasteiger partial charge in [-0.3, -0.25) is 0 Å². The number of imidazole rings is 1. The molecule has 0 unspecified atom stereocenters. The number of hydrogen-bond donors (Lipinski definition) is 2. The van der Waals surface area contributed by atoms with Crippen LogP contribution in [0, 0.1) is 3.57 Å². The molecule has 0 amide bonds. The van der Waals surface area contributed by atoms with Crippen molar-refractivity contribution in [3.05, 3.63) is 46.0 Å². The highest BCUT2D eigenvalue weighted by atomic mass is 127. The van der Waals surface area contributed by atoms with Gasteiger partial charge in [0, 0.05) is 14.2 Å². The van der Waals surface area contributed by atoms with Crippen LogP contribution in [0.5, 0.6) is 0 Å². The lowest BCUT2D eigenvalue weighted by Crippen LogP contribution is -1.89. The van der Waals surface area contributed by atoms with Gasteiger partial charge < -0.3 is 10.7 Å². The van der Waals surface area contributed by atoms with Gasteiger partial charge in [-0.1, -0.05) is 12.1 Å². The molecule has 0 radical (unpaired) electrons. The molecule has 0 aliphatic carbocycles. The van der Waals surface area contributed by atoms with Crippen LogP contribution in [0.2, 0.25) is 0 Å². The molecule has 1 aromatic heterocycles. The number of aromatic amines is 1. The van der Waals surface area contributed by atoms with Crippen LogP contribution in [0.15, 0.2) is 52.5 Å². The molecule has 0 spiro atoms. The number of nitrogens with one attached hydrogen (secondary N) is 1. The summed E-state index contributed by atoms with van der Waals surface area (Å²) >= 11 is 3.81. The second-order valence-electron chi connectivity index (χ2n) is 3.84. The Labute approximate surface area is 122 Å². The predicted molar refractivity (Wildman–Crippen MR) is 83.8 cm³/mol. The lowest BCUT2D eigenvalue weighted by molar-refractivity contribution is 1.08. The molecule has 3 N–H and O–H groups in total. The molecule has 0 fully saturated rings. The first kappa shape index (κ1) is 11.9. The second-order valence-corrected chi connectivity index (χ2v) is 6.12. The summed E-state index contributed by atoms with van der Waals surface area (Å²) in [5, 5.41) is 0.865. The van der Waals surface area contributed by atoms with E-state index in [0.29, 0.717) is 0 Å². The second kappa shape index (κ2) is 4.81. The van der Waals surface area contributed by atoms with Crippen LogP contribution in [0.25, 0.3) is 11.0 Å². The van der Waals surface area contributed by atoms with E-state index in [9.17, 15) is 0 Å². The normalized spacial score (nSPS) is 10.9. The summed E-state index contributed by atoms with van der Waals surface area (Å²) < 4.78 is 1.14. The molecule has 0 saturated carbocycles. The quantitative estimate of drug-likeness (QED) is 0.534. The number of nitrogens with zero attached hydrogens (tertiary/aromatic N) is 1. The Bertz CT molecular complexity index is 675. The van der Waals surface area contributed by atoms with E-state index in [2.05, 4.69) is 32.6 Å². The Balaban J connectivity index is 1.96. The minimum atomic E-state index is 0.785. The standard InChI is InChI=1S/C13H10IN3S/c14-8-5-6-12(9(15)7-8)18-13-16-10-3-1-2-4-11(10)17-13/h1-7H,15H2,(H,16,17). The van der Waals surface area contributed by atoms with Gasteiger partial charge in [0.25, 0.3) is 0 Å². The van der Waals surface area contributed by atoms with Crippen LogP contribution >= 0.6 is 34.4 Å². The molecule has 0 aliphatic heterocycles. The van der Waals surface area contributed by atoms with Gasteiger partial charge in [0.15, 0.2) is 5.16 Å². The molecule has 1 heterocycles. The van der Waals surface area contributed by atoms with Gasteiger partial charge in [-0.25, -0.2) is 4.98 Å². The van der Waals surface area contributed by atoms with Crippen molar-refractivity contribution in [2.24, 2.45) is 0 Å². The van der Waals surface area contributed by atoms with Crippen molar-refractivity contribution in [1.29, 1.82) is 0 Å². The lowest BCUT2D eigenvalue weighted by Gasteiger charge is -2.03. The summed E-state index contributed by atoms with van der Waals surface area (Å²) in [6.07, 6.45) is 0. The molecule has 3 nitrogen and oxygen atoms in total. The van der Waals surface area contributed by atoms with Crippen molar-refractivity contribution in [2.45, 2.75) is 10.1 Å². The number of hydrogen-bond acceptors (Lipinski definition) is 3. The van der Waals surface area contributed by atoms with Crippen LogP contribution in [-0.4, -0.2) is 9.97 Å². The highest BCUT2D eigenvalue weighted by Crippen LogP contribution is 2.32. The minimum absolute atomic E-state index is 0.785. The van der Waals surface area contributed by atoms with Crippen LogP contribution in [0.3, 0.4) is 0 Å². The zero-order valence-corrected chi connectivity index (χ0v) is 12.3. The predicted octanol–water partition coefficient (Wildman–Crippen LogP) is 3.90. The van der Waals surface area contributed by atoms with Crippen molar-refractivity contribution in [2.75, 3.05) is 5.73 Å². The lowest BCUT2D eigenvalue weighted by atomic mass is 10.3. The summed E-state index contributed by atoms with van der Waals surface area (Å²) in [6, 6.07) is 14.0. The summed E-state index contributed by atoms with van der Waals surface area (Å²) in [4.78, 5) is 8.82. The van der Waals surface area contributed by atoms with Crippen molar-refractivity contribution in [3.8, 4) is 0 Å². The maximum Gasteiger partial charge on any atom is 0.171 e. The number of halogens is 1. The van der Waals surface area contributed by atoms with Gasteiger partial charge in [0.05, 0.1) is 11.0 Å². The number of para-hydroxylation sites is 2. The van der Waals surface area contributed by atoms with Gasteiger partial charge in [0.2, 0.25) is 0 Å². The van der Waals surface area contributed by atoms with Gasteiger partial charge in [-0.2, -0.15) is 0 Å². The van der Waals surface area contributed by atoms with E-state index in [4.69, 9.17) is 5.73 Å². The third kappa shape index (κ3) is 2.32. The van der Waals surface area contributed by atoms with Crippen molar-refractivity contribution in [1.82, 2.24) is 9.97 Å². The Morgan fingerprint density at radius 3 is 2.78 bits per heavy atom. The van der Waals surface area contributed by atoms with E-state index in [1.165, 1.54) is 0 Å². The van der Waals surface area contributed by atoms with E-state index < -0.39 is 0 Å². The molecular formula is C13H10IN3S. The highest BCUT2D eigenvalue weighted by Gasteiger charge is 2.06. The first-order valence-electron chi connectivity index (χ1n) is 5.40. The third-order valence-corrected chi connectivity index (χ3v) is 4.20. The minimum Gasteiger partial charge on any atom is -0.398 e. The maximum absolute atomic E-state index is 6.00. The molecule has 2 aromatic carbocycles. The smallest absolute Gasteiger partial charge is 0.171 e. The van der Waals surface area contributed by atoms with Crippen LogP contribution in [0.4, 0.5) is 5.69 Å². The number of rotatable bonds is 2. The number of nitrogen functional groups attached to an aromatic ring is 1. The fourth-order valence-electron chi connectivity index (χ4n) is 1.69. The first-order chi connectivity index (χ1) is 8.72. The monoisotopic (exact) mass is 367 g/mol. The summed E-state index contributed by atoms with van der Waals surface area (Å²) in [6.45, 7) is 0. The Morgan fingerprint density at radius 2 is 2.00 bits per heavy atom. The van der Waals surface area contributed by atoms with Gasteiger partial charge in [-0.05, 0) is 64.7 Å². The van der Waals surface area contributed by atoms with E-state index in [-0.39, 0.29) is 0 Å². The van der Waals surface area contributed by atoms with Crippen molar-refractivity contribution in [3.63, 3.8) is 0 Å². The number of anilines is 1.